The zero-order chi connectivity index (χ0) is 15.9. The standard InChI is InChI=1S/C20H20N2O/c1-14-8-10-16(11-9-14)18-13-21-22-20(18)12-4-6-15-5-2-3-7-17(15)19(20)23/h2-3,5,7-11,18H,4,6,12-13H2,1H3. The number of Topliss-reactive ketones (excluding diaryl/α,β-unsaturated/α-hetero) is 1. The molecule has 1 heterocycles. The van der Waals surface area contributed by atoms with Crippen LogP contribution in [0.1, 0.15) is 45.8 Å². The lowest BCUT2D eigenvalue weighted by Crippen LogP contribution is -2.40. The molecule has 0 N–H and O–H groups in total. The molecule has 116 valence electrons. The van der Waals surface area contributed by atoms with E-state index in [4.69, 9.17) is 0 Å². The van der Waals surface area contributed by atoms with E-state index in [1.807, 2.05) is 18.2 Å². The van der Waals surface area contributed by atoms with Gasteiger partial charge in [-0.15, -0.1) is 0 Å². The van der Waals surface area contributed by atoms with Gasteiger partial charge in [0.1, 0.15) is 0 Å². The molecule has 3 heteroatoms. The molecule has 1 aliphatic carbocycles. The maximum absolute atomic E-state index is 13.4. The van der Waals surface area contributed by atoms with Crippen LogP contribution in [0.4, 0.5) is 0 Å². The number of carbonyl (C=O) groups is 1. The summed E-state index contributed by atoms with van der Waals surface area (Å²) >= 11 is 0. The summed E-state index contributed by atoms with van der Waals surface area (Å²) in [6.45, 7) is 2.69. The van der Waals surface area contributed by atoms with Crippen LogP contribution in [-0.2, 0) is 6.42 Å². The summed E-state index contributed by atoms with van der Waals surface area (Å²) in [6, 6.07) is 16.4. The smallest absolute Gasteiger partial charge is 0.193 e. The summed E-state index contributed by atoms with van der Waals surface area (Å²) in [4.78, 5) is 13.4. The maximum atomic E-state index is 13.4. The second-order valence-electron chi connectivity index (χ2n) is 6.65. The van der Waals surface area contributed by atoms with Gasteiger partial charge in [-0.25, -0.2) is 0 Å². The Balaban J connectivity index is 1.80. The molecule has 0 fully saturated rings. The lowest BCUT2D eigenvalue weighted by Gasteiger charge is -2.29. The Kier molecular flexibility index (Phi) is 3.37. The fourth-order valence-electron chi connectivity index (χ4n) is 3.93. The molecule has 0 saturated heterocycles. The van der Waals surface area contributed by atoms with Crippen LogP contribution in [0.5, 0.6) is 0 Å². The minimum Gasteiger partial charge on any atom is -0.291 e. The molecule has 0 aromatic heterocycles. The average molecular weight is 304 g/mol. The van der Waals surface area contributed by atoms with Crippen molar-refractivity contribution in [1.82, 2.24) is 0 Å². The number of carbonyl (C=O) groups excluding carboxylic acids is 1. The average Bonchev–Trinajstić information content (AvgIpc) is 2.94. The zero-order valence-corrected chi connectivity index (χ0v) is 13.3. The third kappa shape index (κ3) is 2.23. The van der Waals surface area contributed by atoms with Gasteiger partial charge in [0.15, 0.2) is 11.3 Å². The number of ketones is 1. The van der Waals surface area contributed by atoms with Gasteiger partial charge in [0.2, 0.25) is 0 Å². The van der Waals surface area contributed by atoms with Gasteiger partial charge >= 0.3 is 0 Å². The molecule has 1 spiro atoms. The van der Waals surface area contributed by atoms with E-state index in [1.165, 1.54) is 11.1 Å². The molecule has 0 amide bonds. The molecule has 2 aliphatic rings. The highest BCUT2D eigenvalue weighted by Gasteiger charge is 2.50. The van der Waals surface area contributed by atoms with Crippen molar-refractivity contribution in [2.75, 3.05) is 6.54 Å². The SMILES string of the molecule is Cc1ccc(C2CN=NC23CCCc2ccccc2C3=O)cc1. The van der Waals surface area contributed by atoms with Crippen LogP contribution in [0.3, 0.4) is 0 Å². The Labute approximate surface area is 136 Å². The highest BCUT2D eigenvalue weighted by molar-refractivity contribution is 6.05. The van der Waals surface area contributed by atoms with Crippen molar-refractivity contribution in [2.24, 2.45) is 10.2 Å². The van der Waals surface area contributed by atoms with E-state index in [2.05, 4.69) is 47.5 Å². The normalized spacial score (nSPS) is 26.3. The Morgan fingerprint density at radius 3 is 2.70 bits per heavy atom. The topological polar surface area (TPSA) is 41.8 Å². The maximum Gasteiger partial charge on any atom is 0.193 e. The Morgan fingerprint density at radius 2 is 1.87 bits per heavy atom. The second kappa shape index (κ2) is 5.41. The minimum atomic E-state index is -0.706. The molecule has 0 radical (unpaired) electrons. The molecular formula is C20H20N2O. The van der Waals surface area contributed by atoms with Crippen LogP contribution in [0.25, 0.3) is 0 Å². The number of hydrogen-bond acceptors (Lipinski definition) is 3. The fraction of sp³-hybridized carbons (Fsp3) is 0.350. The monoisotopic (exact) mass is 304 g/mol. The summed E-state index contributed by atoms with van der Waals surface area (Å²) in [5.41, 5.74) is 3.68. The van der Waals surface area contributed by atoms with Crippen molar-refractivity contribution in [2.45, 2.75) is 37.6 Å². The molecule has 3 nitrogen and oxygen atoms in total. The fourth-order valence-corrected chi connectivity index (χ4v) is 3.93. The number of benzene rings is 2. The van der Waals surface area contributed by atoms with Gasteiger partial charge < -0.3 is 0 Å². The van der Waals surface area contributed by atoms with Crippen LogP contribution in [0, 0.1) is 6.92 Å². The molecule has 0 bridgehead atoms. The predicted molar refractivity (Wildman–Crippen MR) is 90.1 cm³/mol. The first-order chi connectivity index (χ1) is 11.2. The minimum absolute atomic E-state index is 0.0572. The lowest BCUT2D eigenvalue weighted by atomic mass is 9.74. The van der Waals surface area contributed by atoms with E-state index < -0.39 is 5.54 Å². The Hall–Kier alpha value is -2.29. The first kappa shape index (κ1) is 14.3. The quantitative estimate of drug-likeness (QED) is 0.764. The van der Waals surface area contributed by atoms with Gasteiger partial charge in [-0.05, 0) is 37.3 Å². The van der Waals surface area contributed by atoms with Crippen LogP contribution < -0.4 is 0 Å². The molecule has 0 saturated carbocycles. The zero-order valence-electron chi connectivity index (χ0n) is 13.3. The van der Waals surface area contributed by atoms with Crippen molar-refractivity contribution < 1.29 is 4.79 Å². The van der Waals surface area contributed by atoms with Gasteiger partial charge in [0.05, 0.1) is 6.54 Å². The largest absolute Gasteiger partial charge is 0.291 e. The molecule has 2 aromatic carbocycles. The van der Waals surface area contributed by atoms with Crippen molar-refractivity contribution >= 4 is 5.78 Å². The van der Waals surface area contributed by atoms with E-state index >= 15 is 0 Å². The molecule has 2 atom stereocenters. The van der Waals surface area contributed by atoms with Gasteiger partial charge in [0.25, 0.3) is 0 Å². The number of nitrogens with zero attached hydrogens (tertiary/aromatic N) is 2. The molecular weight excluding hydrogens is 284 g/mol. The van der Waals surface area contributed by atoms with Crippen LogP contribution >= 0.6 is 0 Å². The number of aryl methyl sites for hydroxylation is 2. The number of fused-ring (bicyclic) bond motifs is 1. The van der Waals surface area contributed by atoms with Crippen molar-refractivity contribution in [3.63, 3.8) is 0 Å². The highest BCUT2D eigenvalue weighted by atomic mass is 16.1. The predicted octanol–water partition coefficient (Wildman–Crippen LogP) is 4.50. The highest BCUT2D eigenvalue weighted by Crippen LogP contribution is 2.45. The van der Waals surface area contributed by atoms with E-state index in [0.717, 1.165) is 30.4 Å². The summed E-state index contributed by atoms with van der Waals surface area (Å²) in [5.74, 6) is 0.208. The van der Waals surface area contributed by atoms with Crippen molar-refractivity contribution in [1.29, 1.82) is 0 Å². The Morgan fingerprint density at radius 1 is 1.09 bits per heavy atom. The number of azo groups is 1. The van der Waals surface area contributed by atoms with Gasteiger partial charge in [-0.3, -0.25) is 4.79 Å². The lowest BCUT2D eigenvalue weighted by molar-refractivity contribution is 0.0870. The molecule has 1 aliphatic heterocycles. The summed E-state index contributed by atoms with van der Waals surface area (Å²) < 4.78 is 0. The van der Waals surface area contributed by atoms with Gasteiger partial charge in [0, 0.05) is 11.5 Å². The van der Waals surface area contributed by atoms with Crippen molar-refractivity contribution in [3.05, 3.63) is 70.8 Å². The number of rotatable bonds is 1. The van der Waals surface area contributed by atoms with E-state index in [9.17, 15) is 4.79 Å². The third-order valence-corrected chi connectivity index (χ3v) is 5.23. The van der Waals surface area contributed by atoms with Gasteiger partial charge in [-0.2, -0.15) is 10.2 Å². The first-order valence-electron chi connectivity index (χ1n) is 8.29. The van der Waals surface area contributed by atoms with E-state index in [-0.39, 0.29) is 11.7 Å². The van der Waals surface area contributed by atoms with Gasteiger partial charge in [-0.1, -0.05) is 54.1 Å². The Bertz CT molecular complexity index is 778. The van der Waals surface area contributed by atoms with Crippen molar-refractivity contribution in [3.8, 4) is 0 Å². The summed E-state index contributed by atoms with van der Waals surface area (Å²) in [5, 5.41) is 8.83. The van der Waals surface area contributed by atoms with E-state index in [0.29, 0.717) is 6.54 Å². The van der Waals surface area contributed by atoms with E-state index in [1.54, 1.807) is 0 Å². The van der Waals surface area contributed by atoms with Crippen LogP contribution in [0.2, 0.25) is 0 Å². The second-order valence-corrected chi connectivity index (χ2v) is 6.65. The third-order valence-electron chi connectivity index (χ3n) is 5.23. The molecule has 23 heavy (non-hydrogen) atoms. The molecule has 4 rings (SSSR count). The summed E-state index contributed by atoms with van der Waals surface area (Å²) in [7, 11) is 0. The molecule has 2 aromatic rings. The van der Waals surface area contributed by atoms with Crippen LogP contribution in [-0.4, -0.2) is 17.9 Å². The number of hydrogen-bond donors (Lipinski definition) is 0. The molecule has 2 unspecified atom stereocenters. The first-order valence-corrected chi connectivity index (χ1v) is 8.29. The van der Waals surface area contributed by atoms with Crippen LogP contribution in [0.15, 0.2) is 58.8 Å². The summed E-state index contributed by atoms with van der Waals surface area (Å²) in [6.07, 6.45) is 2.70.